The number of esters is 2. The molecular weight excluding hydrogens is 418 g/mol. The van der Waals surface area contributed by atoms with Gasteiger partial charge in [-0.05, 0) is 44.6 Å². The summed E-state index contributed by atoms with van der Waals surface area (Å²) in [7, 11) is 0. The molecule has 0 aliphatic heterocycles. The summed E-state index contributed by atoms with van der Waals surface area (Å²) in [6.07, 6.45) is 0. The third kappa shape index (κ3) is 5.27. The number of carbonyl (C=O) groups excluding carboxylic acids is 2. The van der Waals surface area contributed by atoms with E-state index < -0.39 is 16.9 Å². The molecule has 1 aromatic heterocycles. The Morgan fingerprint density at radius 1 is 1.14 bits per heavy atom. The molecule has 0 amide bonds. The molecule has 11 heteroatoms. The predicted octanol–water partition coefficient (Wildman–Crippen LogP) is 4.13. The van der Waals surface area contributed by atoms with Crippen molar-refractivity contribution in [2.24, 2.45) is 0 Å². The SMILES string of the molecule is CCOC(=O)c1sc(NC(=S)Nc2ccccc2[N+](=O)[O-])c(C(=O)OCC)c1C. The maximum absolute atomic E-state index is 12.4. The van der Waals surface area contributed by atoms with Crippen LogP contribution in [-0.2, 0) is 9.47 Å². The number of anilines is 2. The number of carbonyl (C=O) groups is 2. The third-order valence-electron chi connectivity index (χ3n) is 3.66. The highest BCUT2D eigenvalue weighted by Gasteiger charge is 2.27. The summed E-state index contributed by atoms with van der Waals surface area (Å²) >= 11 is 6.23. The van der Waals surface area contributed by atoms with Gasteiger partial charge < -0.3 is 20.1 Å². The first-order chi connectivity index (χ1) is 13.8. The van der Waals surface area contributed by atoms with Gasteiger partial charge in [-0.1, -0.05) is 12.1 Å². The fourth-order valence-electron chi connectivity index (χ4n) is 2.44. The zero-order valence-electron chi connectivity index (χ0n) is 15.9. The number of benzene rings is 1. The Balaban J connectivity index is 2.34. The number of ether oxygens (including phenoxy) is 2. The van der Waals surface area contributed by atoms with Crippen LogP contribution in [0.25, 0.3) is 0 Å². The lowest BCUT2D eigenvalue weighted by atomic mass is 10.1. The summed E-state index contributed by atoms with van der Waals surface area (Å²) in [4.78, 5) is 35.5. The molecule has 29 heavy (non-hydrogen) atoms. The normalized spacial score (nSPS) is 10.2. The van der Waals surface area contributed by atoms with E-state index in [0.717, 1.165) is 11.3 Å². The molecule has 154 valence electrons. The molecule has 2 N–H and O–H groups in total. The molecule has 0 bridgehead atoms. The standard InChI is InChI=1S/C18H19N3O6S2/c1-4-26-16(22)13-10(3)14(17(23)27-5-2)29-15(13)20-18(28)19-11-8-6-7-9-12(11)21(24)25/h6-9H,4-5H2,1-3H3,(H2,19,20,28). The number of para-hydroxylation sites is 2. The van der Waals surface area contributed by atoms with Crippen LogP contribution in [0, 0.1) is 17.0 Å². The van der Waals surface area contributed by atoms with Gasteiger partial charge in [-0.3, -0.25) is 10.1 Å². The molecule has 1 aromatic carbocycles. The van der Waals surface area contributed by atoms with E-state index in [2.05, 4.69) is 10.6 Å². The monoisotopic (exact) mass is 437 g/mol. The summed E-state index contributed by atoms with van der Waals surface area (Å²) in [6, 6.07) is 5.99. The molecule has 0 saturated heterocycles. The number of nitro groups is 1. The summed E-state index contributed by atoms with van der Waals surface area (Å²) in [6.45, 7) is 5.29. The van der Waals surface area contributed by atoms with Gasteiger partial charge in [0.05, 0.1) is 23.7 Å². The Kier molecular flexibility index (Phi) is 7.62. The van der Waals surface area contributed by atoms with Gasteiger partial charge >= 0.3 is 11.9 Å². The molecule has 0 aliphatic rings. The minimum Gasteiger partial charge on any atom is -0.462 e. The second-order valence-corrected chi connectivity index (χ2v) is 6.98. The Labute approximate surface area is 176 Å². The topological polar surface area (TPSA) is 120 Å². The van der Waals surface area contributed by atoms with Crippen molar-refractivity contribution in [2.45, 2.75) is 20.8 Å². The average Bonchev–Trinajstić information content (AvgIpc) is 2.98. The van der Waals surface area contributed by atoms with Gasteiger partial charge in [-0.15, -0.1) is 11.3 Å². The number of hydrogen-bond donors (Lipinski definition) is 2. The van der Waals surface area contributed by atoms with Gasteiger partial charge in [-0.2, -0.15) is 0 Å². The predicted molar refractivity (Wildman–Crippen MR) is 114 cm³/mol. The van der Waals surface area contributed by atoms with E-state index in [1.165, 1.54) is 18.2 Å². The van der Waals surface area contributed by atoms with E-state index in [1.807, 2.05) is 0 Å². The van der Waals surface area contributed by atoms with Gasteiger partial charge in [-0.25, -0.2) is 9.59 Å². The Morgan fingerprint density at radius 2 is 1.76 bits per heavy atom. The molecule has 0 aliphatic carbocycles. The van der Waals surface area contributed by atoms with Crippen LogP contribution in [-0.4, -0.2) is 35.2 Å². The average molecular weight is 437 g/mol. The van der Waals surface area contributed by atoms with Crippen molar-refractivity contribution in [1.82, 2.24) is 0 Å². The summed E-state index contributed by atoms with van der Waals surface area (Å²) < 4.78 is 10.1. The summed E-state index contributed by atoms with van der Waals surface area (Å²) in [5.74, 6) is -1.18. The number of nitro benzene ring substituents is 1. The molecule has 2 rings (SSSR count). The number of hydrogen-bond acceptors (Lipinski definition) is 8. The van der Waals surface area contributed by atoms with Crippen molar-refractivity contribution >= 4 is 57.0 Å². The quantitative estimate of drug-likeness (QED) is 0.285. The highest BCUT2D eigenvalue weighted by Crippen LogP contribution is 2.34. The lowest BCUT2D eigenvalue weighted by Crippen LogP contribution is -2.20. The maximum Gasteiger partial charge on any atom is 0.348 e. The number of rotatable bonds is 7. The lowest BCUT2D eigenvalue weighted by Gasteiger charge is -2.11. The van der Waals surface area contributed by atoms with Gasteiger partial charge in [0.25, 0.3) is 5.69 Å². The second-order valence-electron chi connectivity index (χ2n) is 5.55. The minimum atomic E-state index is -0.618. The highest BCUT2D eigenvalue weighted by molar-refractivity contribution is 7.80. The fourth-order valence-corrected chi connectivity index (χ4v) is 3.81. The molecule has 0 radical (unpaired) electrons. The first kappa shape index (κ1) is 22.2. The molecule has 0 saturated carbocycles. The first-order valence-electron chi connectivity index (χ1n) is 8.59. The van der Waals surface area contributed by atoms with E-state index in [-0.39, 0.29) is 45.1 Å². The van der Waals surface area contributed by atoms with Crippen LogP contribution in [0.4, 0.5) is 16.4 Å². The molecule has 1 heterocycles. The Bertz CT molecular complexity index is 957. The van der Waals surface area contributed by atoms with Crippen molar-refractivity contribution in [3.63, 3.8) is 0 Å². The molecule has 0 atom stereocenters. The molecule has 2 aromatic rings. The largest absolute Gasteiger partial charge is 0.462 e. The minimum absolute atomic E-state index is 0.0153. The zero-order valence-corrected chi connectivity index (χ0v) is 17.6. The van der Waals surface area contributed by atoms with Crippen LogP contribution in [0.15, 0.2) is 24.3 Å². The number of nitrogens with one attached hydrogen (secondary N) is 2. The first-order valence-corrected chi connectivity index (χ1v) is 9.81. The highest BCUT2D eigenvalue weighted by atomic mass is 32.1. The molecule has 9 nitrogen and oxygen atoms in total. The van der Waals surface area contributed by atoms with E-state index in [9.17, 15) is 19.7 Å². The van der Waals surface area contributed by atoms with Gasteiger partial charge in [0.1, 0.15) is 15.6 Å². The van der Waals surface area contributed by atoms with Crippen LogP contribution in [0.3, 0.4) is 0 Å². The lowest BCUT2D eigenvalue weighted by molar-refractivity contribution is -0.383. The van der Waals surface area contributed by atoms with E-state index in [4.69, 9.17) is 21.7 Å². The Hall–Kier alpha value is -3.05. The molecular formula is C18H19N3O6S2. The summed E-state index contributed by atoms with van der Waals surface area (Å²) in [5.41, 5.74) is 0.595. The van der Waals surface area contributed by atoms with Crippen LogP contribution < -0.4 is 10.6 Å². The third-order valence-corrected chi connectivity index (χ3v) is 5.05. The zero-order chi connectivity index (χ0) is 21.6. The smallest absolute Gasteiger partial charge is 0.348 e. The molecule has 0 unspecified atom stereocenters. The van der Waals surface area contributed by atoms with Crippen molar-refractivity contribution in [3.8, 4) is 0 Å². The van der Waals surface area contributed by atoms with Crippen LogP contribution >= 0.6 is 23.6 Å². The number of nitrogens with zero attached hydrogens (tertiary/aromatic N) is 1. The molecule has 0 spiro atoms. The van der Waals surface area contributed by atoms with Crippen molar-refractivity contribution in [3.05, 3.63) is 50.4 Å². The van der Waals surface area contributed by atoms with E-state index in [0.29, 0.717) is 5.56 Å². The van der Waals surface area contributed by atoms with Crippen molar-refractivity contribution in [2.75, 3.05) is 23.8 Å². The number of thiocarbonyl (C=S) groups is 1. The number of thiophene rings is 1. The summed E-state index contributed by atoms with van der Waals surface area (Å²) in [5, 5.41) is 17.0. The second kappa shape index (κ2) is 9.94. The Morgan fingerprint density at radius 3 is 2.38 bits per heavy atom. The van der Waals surface area contributed by atoms with Crippen LogP contribution in [0.1, 0.15) is 39.4 Å². The maximum atomic E-state index is 12.4. The van der Waals surface area contributed by atoms with Gasteiger partial charge in [0, 0.05) is 6.07 Å². The van der Waals surface area contributed by atoms with Gasteiger partial charge in [0.2, 0.25) is 0 Å². The van der Waals surface area contributed by atoms with E-state index in [1.54, 1.807) is 26.8 Å². The van der Waals surface area contributed by atoms with Crippen LogP contribution in [0.2, 0.25) is 0 Å². The van der Waals surface area contributed by atoms with Gasteiger partial charge in [0.15, 0.2) is 5.11 Å². The van der Waals surface area contributed by atoms with Crippen LogP contribution in [0.5, 0.6) is 0 Å². The fraction of sp³-hybridized carbons (Fsp3) is 0.278. The van der Waals surface area contributed by atoms with Crippen molar-refractivity contribution < 1.29 is 24.0 Å². The van der Waals surface area contributed by atoms with E-state index >= 15 is 0 Å². The van der Waals surface area contributed by atoms with Crippen molar-refractivity contribution in [1.29, 1.82) is 0 Å². The molecule has 0 fully saturated rings.